The molecule has 5 aromatic rings. The van der Waals surface area contributed by atoms with Gasteiger partial charge in [-0.15, -0.1) is 0 Å². The third-order valence-corrected chi connectivity index (χ3v) is 9.55. The van der Waals surface area contributed by atoms with Gasteiger partial charge in [-0.2, -0.15) is 0 Å². The van der Waals surface area contributed by atoms with Crippen LogP contribution < -0.4 is 16.0 Å². The first-order chi connectivity index (χ1) is 22.4. The van der Waals surface area contributed by atoms with Crippen LogP contribution in [0.5, 0.6) is 0 Å². The van der Waals surface area contributed by atoms with E-state index in [2.05, 4.69) is 37.3 Å². The molecule has 1 saturated heterocycles. The van der Waals surface area contributed by atoms with E-state index in [1.807, 2.05) is 39.8 Å². The quantitative estimate of drug-likeness (QED) is 0.237. The van der Waals surface area contributed by atoms with E-state index >= 15 is 0 Å². The Hall–Kier alpha value is -5.17. The Labute approximate surface area is 274 Å². The maximum Gasteiger partial charge on any atom is 0.410 e. The lowest BCUT2D eigenvalue weighted by atomic mass is 10.1. The molecule has 0 bridgehead atoms. The van der Waals surface area contributed by atoms with Crippen LogP contribution in [-0.2, 0) is 21.3 Å². The summed E-state index contributed by atoms with van der Waals surface area (Å²) in [6.07, 6.45) is 4.21. The smallest absolute Gasteiger partial charge is 0.410 e. The van der Waals surface area contributed by atoms with Crippen molar-refractivity contribution in [1.82, 2.24) is 23.8 Å². The molecular formula is C34H38N8O4S. The van der Waals surface area contributed by atoms with Crippen LogP contribution in [0.3, 0.4) is 0 Å². The van der Waals surface area contributed by atoms with Crippen molar-refractivity contribution in [2.75, 3.05) is 42.1 Å². The van der Waals surface area contributed by atoms with Crippen molar-refractivity contribution >= 4 is 44.5 Å². The summed E-state index contributed by atoms with van der Waals surface area (Å²) in [6, 6.07) is 18.3. The van der Waals surface area contributed by atoms with Crippen LogP contribution in [0, 0.1) is 6.92 Å². The van der Waals surface area contributed by atoms with Crippen LogP contribution in [-0.4, -0.2) is 70.1 Å². The van der Waals surface area contributed by atoms with Crippen LogP contribution in [0.15, 0.2) is 84.3 Å². The van der Waals surface area contributed by atoms with Crippen LogP contribution in [0.2, 0.25) is 0 Å². The van der Waals surface area contributed by atoms with E-state index in [1.54, 1.807) is 53.7 Å². The first kappa shape index (κ1) is 31.8. The molecule has 4 heterocycles. The van der Waals surface area contributed by atoms with Gasteiger partial charge in [0, 0.05) is 56.4 Å². The van der Waals surface area contributed by atoms with Crippen molar-refractivity contribution in [3.63, 3.8) is 0 Å². The zero-order valence-corrected chi connectivity index (χ0v) is 27.7. The molecule has 3 N–H and O–H groups in total. The van der Waals surface area contributed by atoms with Gasteiger partial charge >= 0.3 is 6.09 Å². The Morgan fingerprint density at radius 3 is 2.43 bits per heavy atom. The third-order valence-electron chi connectivity index (χ3n) is 7.89. The zero-order chi connectivity index (χ0) is 33.3. The van der Waals surface area contributed by atoms with Gasteiger partial charge in [0.1, 0.15) is 23.6 Å². The van der Waals surface area contributed by atoms with Gasteiger partial charge in [-0.3, -0.25) is 0 Å². The lowest BCUT2D eigenvalue weighted by Crippen LogP contribution is -2.50. The number of nitrogens with two attached hydrogens (primary N) is 1. The standard InChI is InChI=1S/C34H38N8O4S/c1-23-8-10-27(11-9-23)47(44,45)42-21-28(25-12-13-36-29(35)19-25)30-31(38-22-39-32(30)42)37-20-24-6-5-7-26(18-24)40-14-16-41(17-15-40)33(43)46-34(2,3)4/h5-13,18-19,21-22H,14-17,20H2,1-4H3,(H2,35,36)(H,37,38,39). The van der Waals surface area contributed by atoms with E-state index < -0.39 is 15.6 Å². The lowest BCUT2D eigenvalue weighted by molar-refractivity contribution is 0.0240. The SMILES string of the molecule is Cc1ccc(S(=O)(=O)n2cc(-c3ccnc(N)c3)c3c(NCc4cccc(N5CCN(C(=O)OC(C)(C)C)CC5)c4)ncnc32)cc1. The minimum Gasteiger partial charge on any atom is -0.444 e. The highest BCUT2D eigenvalue weighted by molar-refractivity contribution is 7.90. The fraction of sp³-hybridized carbons (Fsp3) is 0.294. The van der Waals surface area contributed by atoms with Gasteiger partial charge in [-0.1, -0.05) is 29.8 Å². The van der Waals surface area contributed by atoms with Crippen molar-refractivity contribution in [3.8, 4) is 11.1 Å². The highest BCUT2D eigenvalue weighted by atomic mass is 32.2. The molecule has 0 saturated carbocycles. The molecule has 2 aromatic carbocycles. The number of rotatable bonds is 7. The van der Waals surface area contributed by atoms with Gasteiger partial charge in [0.2, 0.25) is 0 Å². The number of carbonyl (C=O) groups is 1. The number of aryl methyl sites for hydroxylation is 1. The maximum absolute atomic E-state index is 13.9. The number of benzene rings is 2. The summed E-state index contributed by atoms with van der Waals surface area (Å²) in [4.78, 5) is 29.7. The summed E-state index contributed by atoms with van der Waals surface area (Å²) in [5.74, 6) is 0.787. The van der Waals surface area contributed by atoms with E-state index in [1.165, 1.54) is 10.3 Å². The van der Waals surface area contributed by atoms with Gasteiger partial charge in [0.15, 0.2) is 5.65 Å². The summed E-state index contributed by atoms with van der Waals surface area (Å²) in [7, 11) is -3.99. The molecule has 12 nitrogen and oxygen atoms in total. The van der Waals surface area contributed by atoms with Crippen LogP contribution in [0.1, 0.15) is 31.9 Å². The number of hydrogen-bond donors (Lipinski definition) is 2. The van der Waals surface area contributed by atoms with Crippen molar-refractivity contribution in [2.24, 2.45) is 0 Å². The van der Waals surface area contributed by atoms with Crippen LogP contribution >= 0.6 is 0 Å². The number of pyridine rings is 1. The van der Waals surface area contributed by atoms with Gasteiger partial charge in [0.05, 0.1) is 10.3 Å². The Kier molecular flexibility index (Phi) is 8.49. The maximum atomic E-state index is 13.9. The topological polar surface area (TPSA) is 149 Å². The minimum atomic E-state index is -3.99. The molecule has 1 amide bonds. The fourth-order valence-corrected chi connectivity index (χ4v) is 6.85. The third kappa shape index (κ3) is 6.85. The summed E-state index contributed by atoms with van der Waals surface area (Å²) >= 11 is 0. The van der Waals surface area contributed by atoms with E-state index in [4.69, 9.17) is 10.5 Å². The summed E-state index contributed by atoms with van der Waals surface area (Å²) in [5.41, 5.74) is 10.0. The Morgan fingerprint density at radius 1 is 0.979 bits per heavy atom. The summed E-state index contributed by atoms with van der Waals surface area (Å²) in [5, 5.41) is 3.97. The van der Waals surface area contributed by atoms with E-state index in [0.717, 1.165) is 16.8 Å². The number of hydrogen-bond acceptors (Lipinski definition) is 10. The molecule has 244 valence electrons. The number of nitrogens with one attached hydrogen (secondary N) is 1. The van der Waals surface area contributed by atoms with Crippen molar-refractivity contribution in [3.05, 3.63) is 90.5 Å². The minimum absolute atomic E-state index is 0.151. The first-order valence-electron chi connectivity index (χ1n) is 15.3. The van der Waals surface area contributed by atoms with Crippen LogP contribution in [0.25, 0.3) is 22.2 Å². The van der Waals surface area contributed by atoms with Gasteiger partial charge < -0.3 is 25.6 Å². The van der Waals surface area contributed by atoms with E-state index in [9.17, 15) is 13.2 Å². The second kappa shape index (κ2) is 12.6. The van der Waals surface area contributed by atoms with Crippen LogP contribution in [0.4, 0.5) is 22.1 Å². The highest BCUT2D eigenvalue weighted by Crippen LogP contribution is 2.36. The number of nitrogens with zero attached hydrogens (tertiary/aromatic N) is 6. The Balaban J connectivity index is 1.28. The fourth-order valence-electron chi connectivity index (χ4n) is 5.53. The Morgan fingerprint density at radius 2 is 1.72 bits per heavy atom. The number of ether oxygens (including phenoxy) is 1. The number of carbonyl (C=O) groups excluding carboxylic acids is 1. The van der Waals surface area contributed by atoms with E-state index in [0.29, 0.717) is 60.9 Å². The molecule has 0 unspecified atom stereocenters. The number of aromatic nitrogens is 4. The van der Waals surface area contributed by atoms with Gasteiger partial charge in [0.25, 0.3) is 10.0 Å². The predicted molar refractivity (Wildman–Crippen MR) is 183 cm³/mol. The molecule has 3 aromatic heterocycles. The molecule has 6 rings (SSSR count). The lowest BCUT2D eigenvalue weighted by Gasteiger charge is -2.36. The number of fused-ring (bicyclic) bond motifs is 1. The predicted octanol–water partition coefficient (Wildman–Crippen LogP) is 5.29. The highest BCUT2D eigenvalue weighted by Gasteiger charge is 2.27. The first-order valence-corrected chi connectivity index (χ1v) is 16.8. The molecule has 1 aliphatic rings. The molecular weight excluding hydrogens is 616 g/mol. The summed E-state index contributed by atoms with van der Waals surface area (Å²) < 4.78 is 34.5. The summed E-state index contributed by atoms with van der Waals surface area (Å²) in [6.45, 7) is 10.4. The average molecular weight is 655 g/mol. The molecule has 0 radical (unpaired) electrons. The zero-order valence-electron chi connectivity index (χ0n) is 26.8. The largest absolute Gasteiger partial charge is 0.444 e. The second-order valence-electron chi connectivity index (χ2n) is 12.5. The molecule has 1 fully saturated rings. The monoisotopic (exact) mass is 654 g/mol. The molecule has 1 aliphatic heterocycles. The van der Waals surface area contributed by atoms with Gasteiger partial charge in [-0.05, 0) is 75.2 Å². The number of nitrogen functional groups attached to an aromatic ring is 1. The second-order valence-corrected chi connectivity index (χ2v) is 14.3. The normalized spacial score (nSPS) is 14.0. The van der Waals surface area contributed by atoms with E-state index in [-0.39, 0.29) is 16.6 Å². The Bertz CT molecular complexity index is 2030. The molecule has 0 aliphatic carbocycles. The molecule has 13 heteroatoms. The molecule has 0 spiro atoms. The molecule has 0 atom stereocenters. The number of piperazine rings is 1. The number of anilines is 3. The van der Waals surface area contributed by atoms with Crippen molar-refractivity contribution < 1.29 is 17.9 Å². The van der Waals surface area contributed by atoms with Gasteiger partial charge in [-0.25, -0.2) is 32.1 Å². The number of amides is 1. The molecule has 47 heavy (non-hydrogen) atoms. The van der Waals surface area contributed by atoms with Crippen molar-refractivity contribution in [1.29, 1.82) is 0 Å². The average Bonchev–Trinajstić information content (AvgIpc) is 3.45. The van der Waals surface area contributed by atoms with Crippen molar-refractivity contribution in [2.45, 2.75) is 44.7 Å².